The predicted octanol–water partition coefficient (Wildman–Crippen LogP) is 6.26. The summed E-state index contributed by atoms with van der Waals surface area (Å²) in [6, 6.07) is 18.6. The van der Waals surface area contributed by atoms with Crippen molar-refractivity contribution in [3.63, 3.8) is 0 Å². The van der Waals surface area contributed by atoms with Gasteiger partial charge >= 0.3 is 12.1 Å². The van der Waals surface area contributed by atoms with E-state index in [0.717, 1.165) is 34.2 Å². The number of ether oxygens (including phenoxy) is 1. The lowest BCUT2D eigenvalue weighted by atomic mass is 10.1. The molecule has 0 amide bonds. The van der Waals surface area contributed by atoms with E-state index in [9.17, 15) is 23.1 Å². The Kier molecular flexibility index (Phi) is 6.73. The fourth-order valence-corrected chi connectivity index (χ4v) is 4.27. The van der Waals surface area contributed by atoms with Gasteiger partial charge in [0.05, 0.1) is 24.6 Å². The van der Waals surface area contributed by atoms with E-state index in [2.05, 4.69) is 5.32 Å². The lowest BCUT2D eigenvalue weighted by Gasteiger charge is -2.15. The molecule has 2 N–H and O–H groups in total. The van der Waals surface area contributed by atoms with Crippen LogP contribution in [0, 0.1) is 6.92 Å². The first-order chi connectivity index (χ1) is 16.7. The van der Waals surface area contributed by atoms with E-state index in [-0.39, 0.29) is 13.0 Å². The number of aryl methyl sites for hydroxylation is 1. The number of halogens is 3. The van der Waals surface area contributed by atoms with Gasteiger partial charge in [-0.25, -0.2) is 0 Å². The molecule has 0 spiro atoms. The van der Waals surface area contributed by atoms with Gasteiger partial charge in [0.1, 0.15) is 11.6 Å². The molecule has 8 heteroatoms. The second-order valence-corrected chi connectivity index (χ2v) is 8.36. The first-order valence-corrected chi connectivity index (χ1v) is 11.0. The summed E-state index contributed by atoms with van der Waals surface area (Å²) in [5.41, 5.74) is 2.96. The number of rotatable bonds is 8. The third kappa shape index (κ3) is 5.26. The van der Waals surface area contributed by atoms with Crippen molar-refractivity contribution >= 4 is 22.7 Å². The van der Waals surface area contributed by atoms with Crippen LogP contribution in [0.3, 0.4) is 0 Å². The van der Waals surface area contributed by atoms with E-state index in [0.29, 0.717) is 29.2 Å². The molecule has 0 atom stereocenters. The van der Waals surface area contributed by atoms with Gasteiger partial charge in [0.2, 0.25) is 0 Å². The highest BCUT2D eigenvalue weighted by atomic mass is 19.4. The first-order valence-electron chi connectivity index (χ1n) is 11.0. The molecular formula is C27H25F3N2O3. The summed E-state index contributed by atoms with van der Waals surface area (Å²) >= 11 is 0. The third-order valence-electron chi connectivity index (χ3n) is 5.91. The number of carboxylic acids is 1. The Morgan fingerprint density at radius 1 is 1.03 bits per heavy atom. The number of hydrogen-bond acceptors (Lipinski definition) is 3. The van der Waals surface area contributed by atoms with Crippen molar-refractivity contribution in [1.29, 1.82) is 0 Å². The predicted molar refractivity (Wildman–Crippen MR) is 129 cm³/mol. The largest absolute Gasteiger partial charge is 0.496 e. The normalized spacial score (nSPS) is 11.6. The Morgan fingerprint density at radius 2 is 1.74 bits per heavy atom. The number of methoxy groups -OCH3 is 1. The first kappa shape index (κ1) is 24.2. The van der Waals surface area contributed by atoms with Crippen molar-refractivity contribution < 1.29 is 27.8 Å². The van der Waals surface area contributed by atoms with E-state index < -0.39 is 17.7 Å². The van der Waals surface area contributed by atoms with Gasteiger partial charge in [0.15, 0.2) is 0 Å². The van der Waals surface area contributed by atoms with Gasteiger partial charge in [-0.2, -0.15) is 13.2 Å². The molecule has 182 valence electrons. The van der Waals surface area contributed by atoms with Crippen LogP contribution in [-0.4, -0.2) is 22.8 Å². The van der Waals surface area contributed by atoms with Gasteiger partial charge in [0.25, 0.3) is 0 Å². The summed E-state index contributed by atoms with van der Waals surface area (Å²) in [7, 11) is 1.55. The lowest BCUT2D eigenvalue weighted by molar-refractivity contribution is -0.138. The maximum Gasteiger partial charge on any atom is 0.416 e. The summed E-state index contributed by atoms with van der Waals surface area (Å²) in [5, 5.41) is 13.6. The van der Waals surface area contributed by atoms with Crippen LogP contribution in [0.25, 0.3) is 10.9 Å². The zero-order valence-electron chi connectivity index (χ0n) is 19.3. The molecule has 0 aliphatic carbocycles. The van der Waals surface area contributed by atoms with E-state index in [1.165, 1.54) is 6.07 Å². The van der Waals surface area contributed by atoms with Gasteiger partial charge < -0.3 is 19.7 Å². The summed E-state index contributed by atoms with van der Waals surface area (Å²) in [6.45, 7) is 2.45. The monoisotopic (exact) mass is 482 g/mol. The molecule has 4 rings (SSSR count). The number of benzene rings is 3. The van der Waals surface area contributed by atoms with Crippen LogP contribution in [0.4, 0.5) is 19.0 Å². The van der Waals surface area contributed by atoms with Gasteiger partial charge in [-0.05, 0) is 47.9 Å². The minimum Gasteiger partial charge on any atom is -0.496 e. The van der Waals surface area contributed by atoms with Crippen molar-refractivity contribution in [2.24, 2.45) is 0 Å². The standard InChI is InChI=1S/C27H25F3N2O3/c1-17-11-23-21(13-24(17)35-2)22(14-25(33)34)26(32(23)16-18-7-4-3-5-8-18)31-15-19-9-6-10-20(12-19)27(28,29)30/h3-13,31H,14-16H2,1-2H3,(H,33,34). The highest BCUT2D eigenvalue weighted by Crippen LogP contribution is 2.36. The topological polar surface area (TPSA) is 63.5 Å². The zero-order valence-corrected chi connectivity index (χ0v) is 19.3. The maximum atomic E-state index is 13.2. The molecule has 0 bridgehead atoms. The fourth-order valence-electron chi connectivity index (χ4n) is 4.27. The quantitative estimate of drug-likeness (QED) is 0.311. The number of alkyl halides is 3. The zero-order chi connectivity index (χ0) is 25.2. The minimum atomic E-state index is -4.44. The number of fused-ring (bicyclic) bond motifs is 1. The number of nitrogens with zero attached hydrogens (tertiary/aromatic N) is 1. The smallest absolute Gasteiger partial charge is 0.416 e. The Bertz CT molecular complexity index is 1360. The molecule has 0 unspecified atom stereocenters. The van der Waals surface area contributed by atoms with Crippen LogP contribution >= 0.6 is 0 Å². The van der Waals surface area contributed by atoms with Crippen LogP contribution in [0.2, 0.25) is 0 Å². The highest BCUT2D eigenvalue weighted by Gasteiger charge is 2.30. The molecule has 4 aromatic rings. The second-order valence-electron chi connectivity index (χ2n) is 8.36. The van der Waals surface area contributed by atoms with Crippen LogP contribution in [-0.2, 0) is 30.5 Å². The van der Waals surface area contributed by atoms with Crippen LogP contribution in [0.1, 0.15) is 27.8 Å². The van der Waals surface area contributed by atoms with E-state index >= 15 is 0 Å². The average Bonchev–Trinajstić information content (AvgIpc) is 3.08. The molecule has 35 heavy (non-hydrogen) atoms. The average molecular weight is 483 g/mol. The summed E-state index contributed by atoms with van der Waals surface area (Å²) in [5.74, 6) is 0.173. The number of hydrogen-bond donors (Lipinski definition) is 2. The van der Waals surface area contributed by atoms with Crippen LogP contribution in [0.5, 0.6) is 5.75 Å². The molecule has 0 saturated heterocycles. The van der Waals surface area contributed by atoms with Crippen molar-refractivity contribution in [3.05, 3.63) is 94.5 Å². The molecule has 0 aliphatic heterocycles. The molecule has 0 radical (unpaired) electrons. The molecule has 0 fully saturated rings. The number of nitrogens with one attached hydrogen (secondary N) is 1. The highest BCUT2D eigenvalue weighted by molar-refractivity contribution is 5.94. The van der Waals surface area contributed by atoms with Crippen molar-refractivity contribution in [1.82, 2.24) is 4.57 Å². The third-order valence-corrected chi connectivity index (χ3v) is 5.91. The second kappa shape index (κ2) is 9.74. The molecule has 3 aromatic carbocycles. The molecule has 1 aromatic heterocycles. The Labute approximate surface area is 200 Å². The Morgan fingerprint density at radius 3 is 2.40 bits per heavy atom. The van der Waals surface area contributed by atoms with Crippen LogP contribution < -0.4 is 10.1 Å². The molecule has 5 nitrogen and oxygen atoms in total. The summed E-state index contributed by atoms with van der Waals surface area (Å²) < 4.78 is 47.0. The lowest BCUT2D eigenvalue weighted by Crippen LogP contribution is -2.12. The number of anilines is 1. The molecule has 1 heterocycles. The Balaban J connectivity index is 1.84. The van der Waals surface area contributed by atoms with Crippen LogP contribution in [0.15, 0.2) is 66.7 Å². The van der Waals surface area contributed by atoms with E-state index in [1.807, 2.05) is 54.0 Å². The number of carbonyl (C=O) groups is 1. The van der Waals surface area contributed by atoms with Gasteiger partial charge in [0, 0.05) is 24.0 Å². The van der Waals surface area contributed by atoms with Crippen molar-refractivity contribution in [2.75, 3.05) is 12.4 Å². The van der Waals surface area contributed by atoms with Crippen molar-refractivity contribution in [3.8, 4) is 5.75 Å². The van der Waals surface area contributed by atoms with E-state index in [1.54, 1.807) is 13.2 Å². The number of aromatic nitrogens is 1. The number of carboxylic acid groups (broad SMARTS) is 1. The summed E-state index contributed by atoms with van der Waals surface area (Å²) in [4.78, 5) is 11.8. The maximum absolute atomic E-state index is 13.2. The van der Waals surface area contributed by atoms with Gasteiger partial charge in [-0.1, -0.05) is 42.5 Å². The Hall–Kier alpha value is -3.94. The molecule has 0 aliphatic rings. The van der Waals surface area contributed by atoms with Gasteiger partial charge in [-0.3, -0.25) is 4.79 Å². The molecule has 0 saturated carbocycles. The molecular weight excluding hydrogens is 457 g/mol. The van der Waals surface area contributed by atoms with Crippen molar-refractivity contribution in [2.45, 2.75) is 32.6 Å². The fraction of sp³-hybridized carbons (Fsp3) is 0.222. The SMILES string of the molecule is COc1cc2c(CC(=O)O)c(NCc3cccc(C(F)(F)F)c3)n(Cc3ccccc3)c2cc1C. The van der Waals surface area contributed by atoms with E-state index in [4.69, 9.17) is 4.74 Å². The summed E-state index contributed by atoms with van der Waals surface area (Å²) in [6.07, 6.45) is -4.70. The minimum absolute atomic E-state index is 0.0950. The number of aliphatic carboxylic acids is 1. The van der Waals surface area contributed by atoms with Gasteiger partial charge in [-0.15, -0.1) is 0 Å².